The number of methoxy groups -OCH3 is 1. The normalized spacial score (nSPS) is 10.6. The lowest BCUT2D eigenvalue weighted by Gasteiger charge is -2.07. The molecule has 0 unspecified atom stereocenters. The van der Waals surface area contributed by atoms with Gasteiger partial charge in [-0.2, -0.15) is 0 Å². The zero-order valence-corrected chi connectivity index (χ0v) is 11.3. The number of hydrogen-bond donors (Lipinski definition) is 1. The molecule has 2 aromatic carbocycles. The lowest BCUT2D eigenvalue weighted by molar-refractivity contribution is 0.386. The van der Waals surface area contributed by atoms with Gasteiger partial charge in [0.15, 0.2) is 11.6 Å². The molecule has 106 valence electrons. The van der Waals surface area contributed by atoms with Gasteiger partial charge in [0.1, 0.15) is 5.82 Å². The maximum Gasteiger partial charge on any atom is 0.165 e. The molecule has 2 rings (SSSR count). The van der Waals surface area contributed by atoms with Crippen molar-refractivity contribution < 1.29 is 13.5 Å². The van der Waals surface area contributed by atoms with E-state index in [1.165, 1.54) is 25.3 Å². The highest BCUT2D eigenvalue weighted by Crippen LogP contribution is 2.17. The van der Waals surface area contributed by atoms with Gasteiger partial charge in [0.25, 0.3) is 0 Å². The second-order valence-corrected chi connectivity index (χ2v) is 4.52. The summed E-state index contributed by atoms with van der Waals surface area (Å²) in [5, 5.41) is 3.23. The van der Waals surface area contributed by atoms with Crippen molar-refractivity contribution in [1.82, 2.24) is 5.32 Å². The van der Waals surface area contributed by atoms with Crippen LogP contribution in [0.5, 0.6) is 5.75 Å². The summed E-state index contributed by atoms with van der Waals surface area (Å²) < 4.78 is 31.1. The average molecular weight is 277 g/mol. The van der Waals surface area contributed by atoms with Gasteiger partial charge < -0.3 is 10.1 Å². The van der Waals surface area contributed by atoms with E-state index in [4.69, 9.17) is 4.74 Å². The fraction of sp³-hybridized carbons (Fsp3) is 0.250. The van der Waals surface area contributed by atoms with Gasteiger partial charge in [0.05, 0.1) is 7.11 Å². The Balaban J connectivity index is 1.78. The summed E-state index contributed by atoms with van der Waals surface area (Å²) in [7, 11) is 1.44. The van der Waals surface area contributed by atoms with E-state index in [9.17, 15) is 8.78 Å². The highest BCUT2D eigenvalue weighted by Gasteiger charge is 2.03. The Morgan fingerprint density at radius 3 is 2.35 bits per heavy atom. The lowest BCUT2D eigenvalue weighted by atomic mass is 10.1. The smallest absolute Gasteiger partial charge is 0.165 e. The summed E-state index contributed by atoms with van der Waals surface area (Å²) in [5.41, 5.74) is 1.93. The monoisotopic (exact) mass is 277 g/mol. The molecule has 0 bridgehead atoms. The van der Waals surface area contributed by atoms with E-state index in [-0.39, 0.29) is 17.4 Å². The van der Waals surface area contributed by atoms with Gasteiger partial charge in [0.2, 0.25) is 0 Å². The van der Waals surface area contributed by atoms with Crippen LogP contribution >= 0.6 is 0 Å². The fourth-order valence-corrected chi connectivity index (χ4v) is 1.94. The zero-order chi connectivity index (χ0) is 14.4. The molecule has 0 amide bonds. The summed E-state index contributed by atoms with van der Waals surface area (Å²) in [6.45, 7) is 1.33. The molecule has 0 aliphatic carbocycles. The van der Waals surface area contributed by atoms with Crippen LogP contribution in [-0.2, 0) is 13.0 Å². The zero-order valence-electron chi connectivity index (χ0n) is 11.3. The summed E-state index contributed by atoms with van der Waals surface area (Å²) in [6.07, 6.45) is 0.804. The second-order valence-electron chi connectivity index (χ2n) is 4.52. The SMILES string of the molecule is COc1ccc(CNCCc2ccc(F)cc2)cc1F. The third-order valence-corrected chi connectivity index (χ3v) is 3.05. The first kappa shape index (κ1) is 14.5. The Hall–Kier alpha value is -1.94. The largest absolute Gasteiger partial charge is 0.494 e. The van der Waals surface area contributed by atoms with Crippen LogP contribution in [0, 0.1) is 11.6 Å². The van der Waals surface area contributed by atoms with Crippen molar-refractivity contribution in [3.05, 3.63) is 65.2 Å². The van der Waals surface area contributed by atoms with Crippen molar-refractivity contribution in [2.45, 2.75) is 13.0 Å². The fourth-order valence-electron chi connectivity index (χ4n) is 1.94. The van der Waals surface area contributed by atoms with E-state index in [0.717, 1.165) is 24.1 Å². The first-order chi connectivity index (χ1) is 9.69. The van der Waals surface area contributed by atoms with E-state index in [2.05, 4.69) is 5.32 Å². The van der Waals surface area contributed by atoms with E-state index in [1.807, 2.05) is 6.07 Å². The van der Waals surface area contributed by atoms with Crippen molar-refractivity contribution in [3.8, 4) is 5.75 Å². The molecule has 0 heterocycles. The maximum absolute atomic E-state index is 13.5. The number of nitrogens with one attached hydrogen (secondary N) is 1. The van der Waals surface area contributed by atoms with Crippen molar-refractivity contribution in [2.75, 3.05) is 13.7 Å². The third kappa shape index (κ3) is 4.03. The van der Waals surface area contributed by atoms with Crippen LogP contribution < -0.4 is 10.1 Å². The molecule has 2 nitrogen and oxygen atoms in total. The predicted octanol–water partition coefficient (Wildman–Crippen LogP) is 3.31. The molecule has 20 heavy (non-hydrogen) atoms. The Morgan fingerprint density at radius 1 is 1.00 bits per heavy atom. The quantitative estimate of drug-likeness (QED) is 0.818. The molecule has 0 radical (unpaired) electrons. The van der Waals surface area contributed by atoms with Gasteiger partial charge in [-0.05, 0) is 48.4 Å². The van der Waals surface area contributed by atoms with Gasteiger partial charge in [-0.3, -0.25) is 0 Å². The second kappa shape index (κ2) is 7.01. The van der Waals surface area contributed by atoms with Crippen LogP contribution in [-0.4, -0.2) is 13.7 Å². The van der Waals surface area contributed by atoms with E-state index < -0.39 is 0 Å². The van der Waals surface area contributed by atoms with Crippen molar-refractivity contribution in [2.24, 2.45) is 0 Å². The molecule has 1 N–H and O–H groups in total. The molecule has 2 aromatic rings. The molecule has 0 fully saturated rings. The summed E-state index contributed by atoms with van der Waals surface area (Å²) in [6, 6.07) is 11.3. The van der Waals surface area contributed by atoms with Crippen molar-refractivity contribution in [3.63, 3.8) is 0 Å². The minimum Gasteiger partial charge on any atom is -0.494 e. The molecule has 0 saturated carbocycles. The van der Waals surface area contributed by atoms with Crippen LogP contribution in [0.4, 0.5) is 8.78 Å². The van der Waals surface area contributed by atoms with Crippen LogP contribution in [0.25, 0.3) is 0 Å². The Morgan fingerprint density at radius 2 is 1.70 bits per heavy atom. The molecule has 0 atom stereocenters. The molecule has 0 saturated heterocycles. The Bertz CT molecular complexity index is 555. The highest BCUT2D eigenvalue weighted by atomic mass is 19.1. The molecule has 0 aliphatic rings. The van der Waals surface area contributed by atoms with Gasteiger partial charge in [-0.25, -0.2) is 8.78 Å². The average Bonchev–Trinajstić information content (AvgIpc) is 2.46. The van der Waals surface area contributed by atoms with Gasteiger partial charge in [-0.1, -0.05) is 18.2 Å². The topological polar surface area (TPSA) is 21.3 Å². The summed E-state index contributed by atoms with van der Waals surface area (Å²) >= 11 is 0. The molecule has 4 heteroatoms. The number of halogens is 2. The molecular formula is C16H17F2NO. The first-order valence-corrected chi connectivity index (χ1v) is 6.46. The standard InChI is InChI=1S/C16H17F2NO/c1-20-16-7-4-13(10-15(16)18)11-19-9-8-12-2-5-14(17)6-3-12/h2-7,10,19H,8-9,11H2,1H3. The molecule has 0 spiro atoms. The van der Waals surface area contributed by atoms with Gasteiger partial charge in [-0.15, -0.1) is 0 Å². The number of hydrogen-bond acceptors (Lipinski definition) is 2. The van der Waals surface area contributed by atoms with Crippen LogP contribution in [0.3, 0.4) is 0 Å². The molecular weight excluding hydrogens is 260 g/mol. The van der Waals surface area contributed by atoms with Crippen molar-refractivity contribution >= 4 is 0 Å². The number of rotatable bonds is 6. The van der Waals surface area contributed by atoms with Crippen LogP contribution in [0.2, 0.25) is 0 Å². The van der Waals surface area contributed by atoms with E-state index in [1.54, 1.807) is 18.2 Å². The number of ether oxygens (including phenoxy) is 1. The van der Waals surface area contributed by atoms with Crippen molar-refractivity contribution in [1.29, 1.82) is 0 Å². The minimum atomic E-state index is -0.356. The minimum absolute atomic E-state index is 0.226. The Kier molecular flexibility index (Phi) is 5.07. The lowest BCUT2D eigenvalue weighted by Crippen LogP contribution is -2.16. The first-order valence-electron chi connectivity index (χ1n) is 6.46. The summed E-state index contributed by atoms with van der Waals surface area (Å²) in [4.78, 5) is 0. The van der Waals surface area contributed by atoms with Gasteiger partial charge >= 0.3 is 0 Å². The Labute approximate surface area is 117 Å². The van der Waals surface area contributed by atoms with Crippen LogP contribution in [0.15, 0.2) is 42.5 Å². The predicted molar refractivity (Wildman–Crippen MR) is 74.8 cm³/mol. The number of benzene rings is 2. The molecule has 0 aliphatic heterocycles. The molecule has 0 aromatic heterocycles. The van der Waals surface area contributed by atoms with E-state index >= 15 is 0 Å². The van der Waals surface area contributed by atoms with Crippen LogP contribution in [0.1, 0.15) is 11.1 Å². The maximum atomic E-state index is 13.5. The summed E-state index contributed by atoms with van der Waals surface area (Å²) in [5.74, 6) is -0.333. The van der Waals surface area contributed by atoms with E-state index in [0.29, 0.717) is 6.54 Å². The highest BCUT2D eigenvalue weighted by molar-refractivity contribution is 5.29. The van der Waals surface area contributed by atoms with Gasteiger partial charge in [0, 0.05) is 6.54 Å². The third-order valence-electron chi connectivity index (χ3n) is 3.05.